The Labute approximate surface area is 268 Å². The molecule has 10 rings (SSSR count). The Morgan fingerprint density at radius 1 is 0.478 bits per heavy atom. The molecule has 0 unspecified atom stereocenters. The molecule has 0 N–H and O–H groups in total. The molecule has 7 aromatic carbocycles. The van der Waals surface area contributed by atoms with E-state index in [1.165, 1.54) is 52.8 Å². The first-order valence-corrected chi connectivity index (χ1v) is 16.3. The van der Waals surface area contributed by atoms with Gasteiger partial charge < -0.3 is 0 Å². The molecule has 0 aliphatic heterocycles. The summed E-state index contributed by atoms with van der Waals surface area (Å²) < 4.78 is 4.89. The van der Waals surface area contributed by atoms with Crippen LogP contribution in [0.25, 0.3) is 92.0 Å². The van der Waals surface area contributed by atoms with Gasteiger partial charge in [0.15, 0.2) is 0 Å². The maximum absolute atomic E-state index is 5.33. The van der Waals surface area contributed by atoms with Crippen LogP contribution in [0.4, 0.5) is 0 Å². The minimum absolute atomic E-state index is 0.671. The molecule has 46 heavy (non-hydrogen) atoms. The summed E-state index contributed by atoms with van der Waals surface area (Å²) in [5.41, 5.74) is 7.55. The number of thiophene rings is 1. The van der Waals surface area contributed by atoms with Crippen molar-refractivity contribution in [1.29, 1.82) is 0 Å². The summed E-state index contributed by atoms with van der Waals surface area (Å²) in [5.74, 6) is 0.671. The average Bonchev–Trinajstić information content (AvgIpc) is 3.67. The lowest BCUT2D eigenvalue weighted by Crippen LogP contribution is -2.03. The van der Waals surface area contributed by atoms with Crippen LogP contribution in [0.1, 0.15) is 0 Å². The molecule has 3 aromatic heterocycles. The molecular weight excluding hydrogens is 579 g/mol. The summed E-state index contributed by atoms with van der Waals surface area (Å²) in [6.07, 6.45) is 0. The molecule has 4 heteroatoms. The predicted octanol–water partition coefficient (Wildman–Crippen LogP) is 11.6. The van der Waals surface area contributed by atoms with Crippen LogP contribution in [0, 0.1) is 0 Å². The molecular formula is C42H25N3S. The summed E-state index contributed by atoms with van der Waals surface area (Å²) in [6, 6.07) is 54.1. The number of hydrogen-bond acceptors (Lipinski definition) is 3. The van der Waals surface area contributed by atoms with E-state index in [1.807, 2.05) is 17.4 Å². The van der Waals surface area contributed by atoms with E-state index in [-0.39, 0.29) is 0 Å². The van der Waals surface area contributed by atoms with Crippen LogP contribution in [-0.2, 0) is 0 Å². The van der Waals surface area contributed by atoms with Gasteiger partial charge in [0.25, 0.3) is 0 Å². The molecule has 0 saturated heterocycles. The van der Waals surface area contributed by atoms with E-state index in [2.05, 4.69) is 150 Å². The van der Waals surface area contributed by atoms with Gasteiger partial charge in [-0.3, -0.25) is 4.57 Å². The Balaban J connectivity index is 1.32. The molecule has 0 fully saturated rings. The highest BCUT2D eigenvalue weighted by atomic mass is 32.1. The first kappa shape index (κ1) is 25.5. The second kappa shape index (κ2) is 9.83. The second-order valence-corrected chi connectivity index (χ2v) is 12.8. The standard InChI is InChI=1S/C42H25N3S/c1-2-12-27(13-3-1)40-33-16-6-8-19-35(33)43-42(44-40)45-36-24-22-26-11-4-5-14-29(26)39(36)34-23-21-28(25-37(34)45)30-17-10-18-32-31-15-7-9-20-38(31)46-41(30)32/h1-25H. The fourth-order valence-corrected chi connectivity index (χ4v) is 8.36. The summed E-state index contributed by atoms with van der Waals surface area (Å²) in [4.78, 5) is 10.5. The largest absolute Gasteiger partial charge is 0.278 e. The highest BCUT2D eigenvalue weighted by Crippen LogP contribution is 2.43. The summed E-state index contributed by atoms with van der Waals surface area (Å²) in [7, 11) is 0. The van der Waals surface area contributed by atoms with Gasteiger partial charge in [-0.1, -0.05) is 127 Å². The summed E-state index contributed by atoms with van der Waals surface area (Å²) >= 11 is 1.87. The van der Waals surface area contributed by atoms with Crippen LogP contribution >= 0.6 is 11.3 Å². The third kappa shape index (κ3) is 3.71. The average molecular weight is 604 g/mol. The van der Waals surface area contributed by atoms with Crippen molar-refractivity contribution in [3.05, 3.63) is 152 Å². The van der Waals surface area contributed by atoms with E-state index < -0.39 is 0 Å². The first-order valence-electron chi connectivity index (χ1n) is 15.5. The van der Waals surface area contributed by atoms with Crippen LogP contribution in [0.2, 0.25) is 0 Å². The number of nitrogens with zero attached hydrogens (tertiary/aromatic N) is 3. The summed E-state index contributed by atoms with van der Waals surface area (Å²) in [5, 5.41) is 8.51. The van der Waals surface area contributed by atoms with Crippen molar-refractivity contribution in [3.63, 3.8) is 0 Å². The van der Waals surface area contributed by atoms with Gasteiger partial charge in [-0.15, -0.1) is 11.3 Å². The minimum Gasteiger partial charge on any atom is -0.278 e. The molecule has 0 atom stereocenters. The van der Waals surface area contributed by atoms with Crippen molar-refractivity contribution in [1.82, 2.24) is 14.5 Å². The topological polar surface area (TPSA) is 30.7 Å². The van der Waals surface area contributed by atoms with E-state index in [0.29, 0.717) is 5.95 Å². The molecule has 3 heterocycles. The zero-order chi connectivity index (χ0) is 30.2. The van der Waals surface area contributed by atoms with Crippen LogP contribution in [-0.4, -0.2) is 14.5 Å². The molecule has 0 bridgehead atoms. The molecule has 0 aliphatic carbocycles. The van der Waals surface area contributed by atoms with Gasteiger partial charge >= 0.3 is 0 Å². The van der Waals surface area contributed by atoms with Gasteiger partial charge in [-0.25, -0.2) is 9.97 Å². The van der Waals surface area contributed by atoms with Crippen molar-refractivity contribution in [2.24, 2.45) is 0 Å². The fourth-order valence-electron chi connectivity index (χ4n) is 7.13. The van der Waals surface area contributed by atoms with Gasteiger partial charge in [-0.2, -0.15) is 0 Å². The van der Waals surface area contributed by atoms with Gasteiger partial charge in [0.1, 0.15) is 0 Å². The Morgan fingerprint density at radius 2 is 1.24 bits per heavy atom. The Kier molecular flexibility index (Phi) is 5.45. The number of rotatable bonds is 3. The van der Waals surface area contributed by atoms with Crippen molar-refractivity contribution in [3.8, 4) is 28.3 Å². The number of fused-ring (bicyclic) bond motifs is 9. The van der Waals surface area contributed by atoms with E-state index in [1.54, 1.807) is 0 Å². The molecule has 0 amide bonds. The maximum Gasteiger partial charge on any atom is 0.235 e. The van der Waals surface area contributed by atoms with Crippen molar-refractivity contribution in [2.45, 2.75) is 0 Å². The minimum atomic E-state index is 0.671. The van der Waals surface area contributed by atoms with Crippen LogP contribution in [0.5, 0.6) is 0 Å². The van der Waals surface area contributed by atoms with Crippen LogP contribution in [0.15, 0.2) is 152 Å². The number of benzene rings is 7. The lowest BCUT2D eigenvalue weighted by molar-refractivity contribution is 1.01. The van der Waals surface area contributed by atoms with Crippen LogP contribution in [0.3, 0.4) is 0 Å². The first-order chi connectivity index (χ1) is 22.8. The second-order valence-electron chi connectivity index (χ2n) is 11.8. The molecule has 0 saturated carbocycles. The lowest BCUT2D eigenvalue weighted by Gasteiger charge is -2.12. The van der Waals surface area contributed by atoms with E-state index in [0.717, 1.165) is 33.2 Å². The van der Waals surface area contributed by atoms with Gasteiger partial charge in [-0.05, 0) is 46.2 Å². The quantitative estimate of drug-likeness (QED) is 0.201. The van der Waals surface area contributed by atoms with Gasteiger partial charge in [0.05, 0.1) is 22.2 Å². The zero-order valence-electron chi connectivity index (χ0n) is 24.7. The molecule has 0 spiro atoms. The van der Waals surface area contributed by atoms with Crippen LogP contribution < -0.4 is 0 Å². The maximum atomic E-state index is 5.33. The highest BCUT2D eigenvalue weighted by molar-refractivity contribution is 7.26. The molecule has 10 aromatic rings. The van der Waals surface area contributed by atoms with Crippen molar-refractivity contribution < 1.29 is 0 Å². The van der Waals surface area contributed by atoms with E-state index in [9.17, 15) is 0 Å². The molecule has 0 radical (unpaired) electrons. The number of para-hydroxylation sites is 1. The Hall–Kier alpha value is -5.84. The van der Waals surface area contributed by atoms with Crippen molar-refractivity contribution in [2.75, 3.05) is 0 Å². The lowest BCUT2D eigenvalue weighted by atomic mass is 10.00. The molecule has 3 nitrogen and oxygen atoms in total. The van der Waals surface area contributed by atoms with Crippen molar-refractivity contribution >= 4 is 75.0 Å². The predicted molar refractivity (Wildman–Crippen MR) is 195 cm³/mol. The number of hydrogen-bond donors (Lipinski definition) is 0. The molecule has 214 valence electrons. The van der Waals surface area contributed by atoms with E-state index >= 15 is 0 Å². The van der Waals surface area contributed by atoms with E-state index in [4.69, 9.17) is 9.97 Å². The van der Waals surface area contributed by atoms with Gasteiger partial charge in [0.2, 0.25) is 5.95 Å². The van der Waals surface area contributed by atoms with Gasteiger partial charge in [0, 0.05) is 41.9 Å². The highest BCUT2D eigenvalue weighted by Gasteiger charge is 2.20. The monoisotopic (exact) mass is 603 g/mol. The normalized spacial score (nSPS) is 11.9. The zero-order valence-corrected chi connectivity index (χ0v) is 25.5. The third-order valence-electron chi connectivity index (χ3n) is 9.21. The number of aromatic nitrogens is 3. The SMILES string of the molecule is c1ccc(-c2nc(-n3c4cc(-c5cccc6c5sc5ccccc56)ccc4c4c5ccccc5ccc43)nc3ccccc23)cc1. The summed E-state index contributed by atoms with van der Waals surface area (Å²) in [6.45, 7) is 0. The fraction of sp³-hybridized carbons (Fsp3) is 0. The Bertz CT molecular complexity index is 2810. The molecule has 0 aliphatic rings. The smallest absolute Gasteiger partial charge is 0.235 e. The Morgan fingerprint density at radius 3 is 2.15 bits per heavy atom. The third-order valence-corrected chi connectivity index (χ3v) is 10.4.